The summed E-state index contributed by atoms with van der Waals surface area (Å²) in [5.41, 5.74) is 4.53. The third-order valence-corrected chi connectivity index (χ3v) is 2.84. The van der Waals surface area contributed by atoms with Crippen LogP contribution in [-0.2, 0) is 4.79 Å². The molecule has 1 aliphatic carbocycles. The Morgan fingerprint density at radius 1 is 1.57 bits per heavy atom. The molecule has 1 fully saturated rings. The maximum Gasteiger partial charge on any atom is 0.237 e. The fourth-order valence-electron chi connectivity index (χ4n) is 1.82. The van der Waals surface area contributed by atoms with E-state index in [-0.39, 0.29) is 17.9 Å². The quantitative estimate of drug-likeness (QED) is 0.689. The molecule has 1 rings (SSSR count). The van der Waals surface area contributed by atoms with Crippen LogP contribution in [0.5, 0.6) is 0 Å². The number of nitrogens with one attached hydrogen (secondary N) is 1. The van der Waals surface area contributed by atoms with Crippen molar-refractivity contribution in [3.05, 3.63) is 0 Å². The smallest absolute Gasteiger partial charge is 0.237 e. The van der Waals surface area contributed by atoms with Crippen molar-refractivity contribution in [2.75, 3.05) is 0 Å². The van der Waals surface area contributed by atoms with Gasteiger partial charge in [-0.05, 0) is 26.7 Å². The van der Waals surface area contributed by atoms with E-state index in [1.165, 1.54) is 0 Å². The number of hydrogen-bond acceptors (Lipinski definition) is 3. The Morgan fingerprint density at radius 2 is 2.21 bits per heavy atom. The van der Waals surface area contributed by atoms with Crippen LogP contribution in [0.1, 0.15) is 33.1 Å². The maximum atomic E-state index is 11.1. The second kappa shape index (κ2) is 3.97. The Balaban J connectivity index is 2.60. The van der Waals surface area contributed by atoms with Crippen LogP contribution < -0.4 is 11.1 Å². The molecule has 1 amide bonds. The molecule has 0 aromatic rings. The minimum absolute atomic E-state index is 0.0219. The normalized spacial score (nSPS) is 27.2. The van der Waals surface area contributed by atoms with Crippen LogP contribution in [0, 0.1) is 17.2 Å². The van der Waals surface area contributed by atoms with Crippen LogP contribution in [0.15, 0.2) is 0 Å². The van der Waals surface area contributed by atoms with Crippen LogP contribution in [0.4, 0.5) is 0 Å². The molecule has 78 valence electrons. The van der Waals surface area contributed by atoms with Gasteiger partial charge < -0.3 is 5.73 Å². The second-order valence-corrected chi connectivity index (χ2v) is 4.41. The zero-order valence-corrected chi connectivity index (χ0v) is 8.71. The highest BCUT2D eigenvalue weighted by atomic mass is 16.1. The third kappa shape index (κ3) is 2.24. The minimum atomic E-state index is -0.718. The van der Waals surface area contributed by atoms with Gasteiger partial charge in [-0.3, -0.25) is 10.1 Å². The van der Waals surface area contributed by atoms with E-state index in [0.717, 1.165) is 19.3 Å². The predicted octanol–water partition coefficient (Wildman–Crippen LogP) is 0.532. The Kier molecular flexibility index (Phi) is 3.12. The number of nitrogens with zero attached hydrogens (tertiary/aromatic N) is 1. The van der Waals surface area contributed by atoms with Crippen molar-refractivity contribution in [3.8, 4) is 6.07 Å². The van der Waals surface area contributed by atoms with Crippen molar-refractivity contribution in [3.63, 3.8) is 0 Å². The molecule has 0 aliphatic heterocycles. The number of carbonyl (C=O) groups is 1. The van der Waals surface area contributed by atoms with Crippen LogP contribution in [0.2, 0.25) is 0 Å². The van der Waals surface area contributed by atoms with E-state index in [4.69, 9.17) is 11.0 Å². The van der Waals surface area contributed by atoms with Crippen LogP contribution >= 0.6 is 0 Å². The highest BCUT2D eigenvalue weighted by Gasteiger charge is 2.34. The van der Waals surface area contributed by atoms with Crippen LogP contribution in [-0.4, -0.2) is 17.5 Å². The largest absolute Gasteiger partial charge is 0.368 e. The van der Waals surface area contributed by atoms with E-state index < -0.39 is 5.54 Å². The number of amides is 1. The first kappa shape index (κ1) is 11.0. The summed E-state index contributed by atoms with van der Waals surface area (Å²) in [6.07, 6.45) is 2.92. The molecule has 0 radical (unpaired) electrons. The highest BCUT2D eigenvalue weighted by Crippen LogP contribution is 2.26. The molecule has 3 N–H and O–H groups in total. The molecule has 2 atom stereocenters. The van der Waals surface area contributed by atoms with Gasteiger partial charge in [-0.25, -0.2) is 0 Å². The van der Waals surface area contributed by atoms with E-state index >= 15 is 0 Å². The fourth-order valence-corrected chi connectivity index (χ4v) is 1.82. The lowest BCUT2D eigenvalue weighted by Crippen LogP contribution is -2.55. The van der Waals surface area contributed by atoms with Gasteiger partial charge in [-0.1, -0.05) is 6.42 Å². The molecule has 0 saturated heterocycles. The van der Waals surface area contributed by atoms with E-state index in [9.17, 15) is 4.79 Å². The molecule has 1 aliphatic rings. The summed E-state index contributed by atoms with van der Waals surface area (Å²) in [6.45, 7) is 3.50. The SMILES string of the molecule is CC(C)(NC1CCCC1C#N)C(N)=O. The highest BCUT2D eigenvalue weighted by molar-refractivity contribution is 5.83. The molecule has 0 aromatic heterocycles. The number of nitrogens with two attached hydrogens (primary N) is 1. The maximum absolute atomic E-state index is 11.1. The summed E-state index contributed by atoms with van der Waals surface area (Å²) in [7, 11) is 0. The summed E-state index contributed by atoms with van der Waals surface area (Å²) < 4.78 is 0. The first-order valence-electron chi connectivity index (χ1n) is 4.94. The summed E-state index contributed by atoms with van der Waals surface area (Å²) in [6, 6.07) is 2.37. The van der Waals surface area contributed by atoms with Crippen molar-refractivity contribution in [1.82, 2.24) is 5.32 Å². The monoisotopic (exact) mass is 195 g/mol. The van der Waals surface area contributed by atoms with Gasteiger partial charge in [-0.15, -0.1) is 0 Å². The first-order valence-corrected chi connectivity index (χ1v) is 4.94. The number of carbonyl (C=O) groups excluding carboxylic acids is 1. The van der Waals surface area contributed by atoms with Gasteiger partial charge in [0.05, 0.1) is 17.5 Å². The molecule has 2 unspecified atom stereocenters. The van der Waals surface area contributed by atoms with Gasteiger partial charge in [0.25, 0.3) is 0 Å². The zero-order chi connectivity index (χ0) is 10.8. The molecule has 0 heterocycles. The minimum Gasteiger partial charge on any atom is -0.368 e. The molecular weight excluding hydrogens is 178 g/mol. The van der Waals surface area contributed by atoms with E-state index in [1.54, 1.807) is 13.8 Å². The molecule has 0 bridgehead atoms. The average molecular weight is 195 g/mol. The lowest BCUT2D eigenvalue weighted by molar-refractivity contribution is -0.123. The number of hydrogen-bond donors (Lipinski definition) is 2. The second-order valence-electron chi connectivity index (χ2n) is 4.41. The number of nitriles is 1. The lowest BCUT2D eigenvalue weighted by Gasteiger charge is -2.28. The molecule has 0 aromatic carbocycles. The molecule has 1 saturated carbocycles. The van der Waals surface area contributed by atoms with E-state index in [1.807, 2.05) is 0 Å². The Labute approximate surface area is 84.5 Å². The molecule has 0 spiro atoms. The van der Waals surface area contributed by atoms with Crippen molar-refractivity contribution in [1.29, 1.82) is 5.26 Å². The number of rotatable bonds is 3. The first-order chi connectivity index (χ1) is 6.47. The van der Waals surface area contributed by atoms with E-state index in [2.05, 4.69) is 11.4 Å². The van der Waals surface area contributed by atoms with Gasteiger partial charge in [0.2, 0.25) is 5.91 Å². The third-order valence-electron chi connectivity index (χ3n) is 2.84. The predicted molar refractivity (Wildman–Crippen MR) is 53.2 cm³/mol. The summed E-state index contributed by atoms with van der Waals surface area (Å²) >= 11 is 0. The Hall–Kier alpha value is -1.08. The molecule has 14 heavy (non-hydrogen) atoms. The lowest BCUT2D eigenvalue weighted by atomic mass is 9.98. The Morgan fingerprint density at radius 3 is 2.71 bits per heavy atom. The van der Waals surface area contributed by atoms with Crippen LogP contribution in [0.3, 0.4) is 0 Å². The van der Waals surface area contributed by atoms with Crippen LogP contribution in [0.25, 0.3) is 0 Å². The van der Waals surface area contributed by atoms with Gasteiger partial charge in [-0.2, -0.15) is 5.26 Å². The summed E-state index contributed by atoms with van der Waals surface area (Å²) in [5.74, 6) is -0.352. The molecule has 4 nitrogen and oxygen atoms in total. The van der Waals surface area contributed by atoms with Crippen molar-refractivity contribution >= 4 is 5.91 Å². The van der Waals surface area contributed by atoms with E-state index in [0.29, 0.717) is 0 Å². The van der Waals surface area contributed by atoms with Crippen molar-refractivity contribution in [2.45, 2.75) is 44.7 Å². The average Bonchev–Trinajstić information content (AvgIpc) is 2.50. The summed E-state index contributed by atoms with van der Waals surface area (Å²) in [5, 5.41) is 12.0. The van der Waals surface area contributed by atoms with Gasteiger partial charge in [0.1, 0.15) is 0 Å². The Bertz CT molecular complexity index is 267. The van der Waals surface area contributed by atoms with Gasteiger partial charge in [0, 0.05) is 6.04 Å². The zero-order valence-electron chi connectivity index (χ0n) is 8.71. The number of primary amides is 1. The molecular formula is C10H17N3O. The van der Waals surface area contributed by atoms with Crippen molar-refractivity contribution in [2.24, 2.45) is 11.7 Å². The van der Waals surface area contributed by atoms with Crippen molar-refractivity contribution < 1.29 is 4.79 Å². The van der Waals surface area contributed by atoms with Gasteiger partial charge in [0.15, 0.2) is 0 Å². The standard InChI is InChI=1S/C10H17N3O/c1-10(2,9(12)14)13-8-5-3-4-7(8)6-11/h7-8,13H,3-5H2,1-2H3,(H2,12,14). The topological polar surface area (TPSA) is 78.9 Å². The summed E-state index contributed by atoms with van der Waals surface area (Å²) in [4.78, 5) is 11.1. The fraction of sp³-hybridized carbons (Fsp3) is 0.800. The van der Waals surface area contributed by atoms with Gasteiger partial charge >= 0.3 is 0 Å². The molecule has 4 heteroatoms.